The fraction of sp³-hybridized carbons (Fsp3) is 0.500. The molecule has 0 aromatic carbocycles. The van der Waals surface area contributed by atoms with Crippen LogP contribution >= 0.6 is 15.9 Å². The average molecular weight is 284 g/mol. The van der Waals surface area contributed by atoms with E-state index in [0.29, 0.717) is 5.78 Å². The van der Waals surface area contributed by atoms with E-state index in [1.165, 1.54) is 6.33 Å². The Morgan fingerprint density at radius 1 is 1.38 bits per heavy atom. The summed E-state index contributed by atoms with van der Waals surface area (Å²) in [5.41, 5.74) is 0.933. The van der Waals surface area contributed by atoms with E-state index >= 15 is 0 Å². The standard InChI is InChI=1S/C10H14BrN5/c1-4-15(5-2)9-8(11)7(3)14-10-12-6-13-16(9)10/h6H,4-5H2,1-3H3. The maximum atomic E-state index is 4.36. The minimum Gasteiger partial charge on any atom is -0.356 e. The Balaban J connectivity index is 2.73. The zero-order valence-electron chi connectivity index (χ0n) is 9.61. The highest BCUT2D eigenvalue weighted by molar-refractivity contribution is 9.10. The first-order valence-corrected chi connectivity index (χ1v) is 6.09. The zero-order chi connectivity index (χ0) is 11.7. The minimum atomic E-state index is 0.641. The summed E-state index contributed by atoms with van der Waals surface area (Å²) in [4.78, 5) is 10.7. The molecule has 2 rings (SSSR count). The first kappa shape index (κ1) is 11.3. The molecule has 0 saturated carbocycles. The van der Waals surface area contributed by atoms with Crippen molar-refractivity contribution in [1.82, 2.24) is 19.6 Å². The van der Waals surface area contributed by atoms with Crippen LogP contribution in [0.1, 0.15) is 19.5 Å². The predicted octanol–water partition coefficient (Wildman–Crippen LogP) is 2.04. The van der Waals surface area contributed by atoms with Crippen LogP contribution in [0, 0.1) is 6.92 Å². The average Bonchev–Trinajstić information content (AvgIpc) is 2.72. The molecule has 0 saturated heterocycles. The van der Waals surface area contributed by atoms with Gasteiger partial charge in [0, 0.05) is 13.1 Å². The van der Waals surface area contributed by atoms with Crippen molar-refractivity contribution in [3.05, 3.63) is 16.5 Å². The van der Waals surface area contributed by atoms with Gasteiger partial charge in [0.15, 0.2) is 0 Å². The summed E-state index contributed by atoms with van der Waals surface area (Å²) >= 11 is 3.58. The van der Waals surface area contributed by atoms with Gasteiger partial charge >= 0.3 is 0 Å². The number of anilines is 1. The van der Waals surface area contributed by atoms with Crippen molar-refractivity contribution in [3.8, 4) is 0 Å². The summed E-state index contributed by atoms with van der Waals surface area (Å²) in [6.45, 7) is 8.05. The summed E-state index contributed by atoms with van der Waals surface area (Å²) in [6, 6.07) is 0. The monoisotopic (exact) mass is 283 g/mol. The number of fused-ring (bicyclic) bond motifs is 1. The lowest BCUT2D eigenvalue weighted by Crippen LogP contribution is -2.25. The lowest BCUT2D eigenvalue weighted by Gasteiger charge is -2.23. The molecule has 2 aromatic heterocycles. The Morgan fingerprint density at radius 3 is 2.69 bits per heavy atom. The van der Waals surface area contributed by atoms with Crippen LogP contribution in [-0.4, -0.2) is 32.7 Å². The number of aromatic nitrogens is 4. The van der Waals surface area contributed by atoms with Crippen molar-refractivity contribution in [2.24, 2.45) is 0 Å². The van der Waals surface area contributed by atoms with Crippen LogP contribution in [-0.2, 0) is 0 Å². The zero-order valence-corrected chi connectivity index (χ0v) is 11.2. The Morgan fingerprint density at radius 2 is 2.06 bits per heavy atom. The first-order chi connectivity index (χ1) is 7.69. The topological polar surface area (TPSA) is 46.3 Å². The third kappa shape index (κ3) is 1.67. The second kappa shape index (κ2) is 4.37. The lowest BCUT2D eigenvalue weighted by molar-refractivity contribution is 0.791. The number of nitrogens with zero attached hydrogens (tertiary/aromatic N) is 5. The van der Waals surface area contributed by atoms with Crippen LogP contribution in [0.3, 0.4) is 0 Å². The Hall–Kier alpha value is -1.17. The van der Waals surface area contributed by atoms with Gasteiger partial charge in [0.25, 0.3) is 5.78 Å². The van der Waals surface area contributed by atoms with Gasteiger partial charge in [-0.3, -0.25) is 0 Å². The van der Waals surface area contributed by atoms with Crippen molar-refractivity contribution in [2.75, 3.05) is 18.0 Å². The third-order valence-electron chi connectivity index (χ3n) is 2.58. The molecule has 0 fully saturated rings. The van der Waals surface area contributed by atoms with Crippen molar-refractivity contribution in [1.29, 1.82) is 0 Å². The molecular weight excluding hydrogens is 270 g/mol. The van der Waals surface area contributed by atoms with Gasteiger partial charge in [0.2, 0.25) is 0 Å². The van der Waals surface area contributed by atoms with Gasteiger partial charge in [-0.15, -0.1) is 0 Å². The molecule has 0 atom stereocenters. The van der Waals surface area contributed by atoms with Crippen molar-refractivity contribution in [3.63, 3.8) is 0 Å². The number of hydrogen-bond donors (Lipinski definition) is 0. The van der Waals surface area contributed by atoms with Crippen molar-refractivity contribution >= 4 is 27.5 Å². The van der Waals surface area contributed by atoms with E-state index in [1.807, 2.05) is 6.92 Å². The highest BCUT2D eigenvalue weighted by Gasteiger charge is 2.16. The molecular formula is C10H14BrN5. The smallest absolute Gasteiger partial charge is 0.254 e. The van der Waals surface area contributed by atoms with E-state index in [4.69, 9.17) is 0 Å². The summed E-state index contributed by atoms with van der Waals surface area (Å²) in [7, 11) is 0. The molecule has 0 amide bonds. The number of rotatable bonds is 3. The molecule has 2 aromatic rings. The molecule has 16 heavy (non-hydrogen) atoms. The van der Waals surface area contributed by atoms with Crippen LogP contribution in [0.15, 0.2) is 10.8 Å². The molecule has 0 aliphatic rings. The normalized spacial score (nSPS) is 11.0. The van der Waals surface area contributed by atoms with Crippen LogP contribution in [0.2, 0.25) is 0 Å². The summed E-state index contributed by atoms with van der Waals surface area (Å²) < 4.78 is 2.75. The SMILES string of the molecule is CCN(CC)c1c(Br)c(C)nc2ncnn12. The van der Waals surface area contributed by atoms with E-state index in [0.717, 1.165) is 29.1 Å². The molecule has 0 spiro atoms. The van der Waals surface area contributed by atoms with E-state index in [-0.39, 0.29) is 0 Å². The quantitative estimate of drug-likeness (QED) is 0.865. The van der Waals surface area contributed by atoms with E-state index < -0.39 is 0 Å². The fourth-order valence-electron chi connectivity index (χ4n) is 1.71. The number of hydrogen-bond acceptors (Lipinski definition) is 4. The van der Waals surface area contributed by atoms with Gasteiger partial charge < -0.3 is 4.90 Å². The van der Waals surface area contributed by atoms with Crippen LogP contribution in [0.5, 0.6) is 0 Å². The van der Waals surface area contributed by atoms with Gasteiger partial charge in [-0.25, -0.2) is 4.98 Å². The van der Waals surface area contributed by atoms with E-state index in [1.54, 1.807) is 4.52 Å². The first-order valence-electron chi connectivity index (χ1n) is 5.29. The third-order valence-corrected chi connectivity index (χ3v) is 3.50. The maximum absolute atomic E-state index is 4.36. The molecule has 2 heterocycles. The second-order valence-electron chi connectivity index (χ2n) is 3.48. The summed E-state index contributed by atoms with van der Waals surface area (Å²) in [5.74, 6) is 1.66. The second-order valence-corrected chi connectivity index (χ2v) is 4.27. The largest absolute Gasteiger partial charge is 0.356 e. The summed E-state index contributed by atoms with van der Waals surface area (Å²) in [6.07, 6.45) is 1.53. The predicted molar refractivity (Wildman–Crippen MR) is 66.8 cm³/mol. The molecule has 0 bridgehead atoms. The van der Waals surface area contributed by atoms with Gasteiger partial charge in [-0.05, 0) is 36.7 Å². The van der Waals surface area contributed by atoms with Gasteiger partial charge in [0.1, 0.15) is 12.1 Å². The molecule has 0 aliphatic carbocycles. The lowest BCUT2D eigenvalue weighted by atomic mass is 10.4. The van der Waals surface area contributed by atoms with Crippen molar-refractivity contribution in [2.45, 2.75) is 20.8 Å². The molecule has 5 nitrogen and oxygen atoms in total. The minimum absolute atomic E-state index is 0.641. The molecule has 6 heteroatoms. The molecule has 0 radical (unpaired) electrons. The Bertz CT molecular complexity index is 503. The van der Waals surface area contributed by atoms with Crippen LogP contribution in [0.25, 0.3) is 5.78 Å². The number of aryl methyl sites for hydroxylation is 1. The van der Waals surface area contributed by atoms with E-state index in [9.17, 15) is 0 Å². The Kier molecular flexibility index (Phi) is 3.09. The molecule has 0 unspecified atom stereocenters. The molecule has 0 aliphatic heterocycles. The molecule has 86 valence electrons. The Labute approximate surface area is 103 Å². The fourth-order valence-corrected chi connectivity index (χ4v) is 2.22. The maximum Gasteiger partial charge on any atom is 0.254 e. The molecule has 0 N–H and O–H groups in total. The van der Waals surface area contributed by atoms with Gasteiger partial charge in [0.05, 0.1) is 10.2 Å². The highest BCUT2D eigenvalue weighted by atomic mass is 79.9. The summed E-state index contributed by atoms with van der Waals surface area (Å²) in [5, 5.41) is 4.21. The van der Waals surface area contributed by atoms with Crippen LogP contribution < -0.4 is 4.90 Å². The van der Waals surface area contributed by atoms with Gasteiger partial charge in [-0.1, -0.05) is 0 Å². The number of halogens is 1. The van der Waals surface area contributed by atoms with Gasteiger partial charge in [-0.2, -0.15) is 14.6 Å². The van der Waals surface area contributed by atoms with E-state index in [2.05, 4.69) is 49.7 Å². The van der Waals surface area contributed by atoms with Crippen molar-refractivity contribution < 1.29 is 0 Å². The highest BCUT2D eigenvalue weighted by Crippen LogP contribution is 2.28. The van der Waals surface area contributed by atoms with Crippen LogP contribution in [0.4, 0.5) is 5.82 Å².